The number of rotatable bonds is 3. The molecule has 1 aliphatic rings. The second-order valence-electron chi connectivity index (χ2n) is 5.71. The monoisotopic (exact) mass is 298 g/mol. The van der Waals surface area contributed by atoms with Crippen molar-refractivity contribution in [3.05, 3.63) is 30.4 Å². The summed E-state index contributed by atoms with van der Waals surface area (Å²) in [6.07, 6.45) is -0.931. The van der Waals surface area contributed by atoms with Crippen LogP contribution in [-0.4, -0.2) is 17.8 Å². The van der Waals surface area contributed by atoms with Gasteiger partial charge in [-0.3, -0.25) is 0 Å². The summed E-state index contributed by atoms with van der Waals surface area (Å²) in [7, 11) is 0. The maximum absolute atomic E-state index is 12.6. The Bertz CT molecular complexity index is 644. The Hall–Kier alpha value is -1.65. The average molecular weight is 298 g/mol. The fourth-order valence-corrected chi connectivity index (χ4v) is 2.92. The third kappa shape index (κ3) is 3.34. The highest BCUT2D eigenvalue weighted by Gasteiger charge is 2.41. The zero-order valence-corrected chi connectivity index (χ0v) is 11.5. The number of H-pyrrole nitrogens is 1. The molecule has 114 valence electrons. The number of fused-ring (bicyclic) bond motifs is 1. The summed E-state index contributed by atoms with van der Waals surface area (Å²) in [5.41, 5.74) is 0.878. The second kappa shape index (κ2) is 5.62. The topological polar surface area (TPSA) is 25.0 Å². The van der Waals surface area contributed by atoms with Crippen molar-refractivity contribution in [1.82, 2.24) is 4.98 Å². The standard InChI is InChI=1S/C16H18F3NO/c17-16(18,19)13-3-1-11(2-4-13)10-21-14-5-6-15-12(9-14)7-8-20-15/h5-9,11,13,20H,1-4,10H2/i7D. The van der Waals surface area contributed by atoms with Crippen molar-refractivity contribution in [3.63, 3.8) is 0 Å². The summed E-state index contributed by atoms with van der Waals surface area (Å²) in [5, 5.41) is 0.790. The van der Waals surface area contributed by atoms with E-state index >= 15 is 0 Å². The van der Waals surface area contributed by atoms with Crippen molar-refractivity contribution < 1.29 is 19.3 Å². The maximum Gasteiger partial charge on any atom is 0.391 e. The predicted molar refractivity (Wildman–Crippen MR) is 75.3 cm³/mol. The van der Waals surface area contributed by atoms with E-state index in [1.165, 1.54) is 0 Å². The van der Waals surface area contributed by atoms with Gasteiger partial charge in [0.2, 0.25) is 0 Å². The molecule has 0 unspecified atom stereocenters. The van der Waals surface area contributed by atoms with Crippen LogP contribution in [0.5, 0.6) is 5.75 Å². The molecule has 1 aromatic heterocycles. The van der Waals surface area contributed by atoms with Gasteiger partial charge in [0, 0.05) is 17.1 Å². The lowest BCUT2D eigenvalue weighted by Gasteiger charge is -2.29. The van der Waals surface area contributed by atoms with Crippen molar-refractivity contribution >= 4 is 10.9 Å². The zero-order valence-electron chi connectivity index (χ0n) is 12.5. The summed E-state index contributed by atoms with van der Waals surface area (Å²) in [6.45, 7) is 0.438. The molecule has 5 heteroatoms. The minimum absolute atomic E-state index is 0.177. The number of aromatic nitrogens is 1. The van der Waals surface area contributed by atoms with Gasteiger partial charge in [0.1, 0.15) is 5.75 Å². The lowest BCUT2D eigenvalue weighted by Crippen LogP contribution is -2.29. The number of nitrogens with one attached hydrogen (secondary N) is 1. The van der Waals surface area contributed by atoms with Gasteiger partial charge in [0.05, 0.1) is 13.9 Å². The van der Waals surface area contributed by atoms with Gasteiger partial charge in [-0.2, -0.15) is 13.2 Å². The highest BCUT2D eigenvalue weighted by atomic mass is 19.4. The molecule has 0 atom stereocenters. The van der Waals surface area contributed by atoms with E-state index in [1.54, 1.807) is 12.3 Å². The molecule has 1 heterocycles. The molecule has 3 rings (SSSR count). The fraction of sp³-hybridized carbons (Fsp3) is 0.500. The Morgan fingerprint density at radius 2 is 2.00 bits per heavy atom. The van der Waals surface area contributed by atoms with Gasteiger partial charge < -0.3 is 9.72 Å². The fourth-order valence-electron chi connectivity index (χ4n) is 2.92. The largest absolute Gasteiger partial charge is 0.493 e. The van der Waals surface area contributed by atoms with Crippen LogP contribution in [0.3, 0.4) is 0 Å². The molecule has 1 aliphatic carbocycles. The smallest absolute Gasteiger partial charge is 0.391 e. The van der Waals surface area contributed by atoms with Crippen LogP contribution in [0.25, 0.3) is 10.9 Å². The van der Waals surface area contributed by atoms with Gasteiger partial charge in [0.25, 0.3) is 0 Å². The van der Waals surface area contributed by atoms with E-state index in [0.29, 0.717) is 31.2 Å². The summed E-state index contributed by atoms with van der Waals surface area (Å²) >= 11 is 0. The van der Waals surface area contributed by atoms with Crippen LogP contribution >= 0.6 is 0 Å². The van der Waals surface area contributed by atoms with Gasteiger partial charge in [-0.25, -0.2) is 0 Å². The van der Waals surface area contributed by atoms with E-state index in [1.807, 2.05) is 12.1 Å². The molecule has 1 aromatic carbocycles. The molecule has 0 saturated heterocycles. The highest BCUT2D eigenvalue weighted by Crippen LogP contribution is 2.39. The highest BCUT2D eigenvalue weighted by molar-refractivity contribution is 5.80. The third-order valence-corrected chi connectivity index (χ3v) is 4.24. The molecule has 0 bridgehead atoms. The average Bonchev–Trinajstić information content (AvgIpc) is 2.86. The first-order valence-electron chi connectivity index (χ1n) is 7.71. The molecular weight excluding hydrogens is 279 g/mol. The first-order chi connectivity index (χ1) is 10.4. The molecule has 0 spiro atoms. The van der Waals surface area contributed by atoms with Crippen LogP contribution < -0.4 is 4.74 Å². The maximum atomic E-state index is 12.6. The molecule has 0 amide bonds. The molecule has 2 aromatic rings. The van der Waals surface area contributed by atoms with E-state index in [0.717, 1.165) is 10.9 Å². The SMILES string of the molecule is [2H]c1c[nH]c2ccc(OCC3CCC(C(F)(F)F)CC3)cc12. The van der Waals surface area contributed by atoms with Crippen LogP contribution in [0.2, 0.25) is 0 Å². The molecular formula is C16H18F3NO. The Morgan fingerprint density at radius 3 is 2.71 bits per heavy atom. The lowest BCUT2D eigenvalue weighted by atomic mass is 9.82. The first kappa shape index (κ1) is 13.0. The Morgan fingerprint density at radius 1 is 1.24 bits per heavy atom. The van der Waals surface area contributed by atoms with Gasteiger partial charge in [0.15, 0.2) is 0 Å². The van der Waals surface area contributed by atoms with Crippen molar-refractivity contribution in [1.29, 1.82) is 0 Å². The molecule has 21 heavy (non-hydrogen) atoms. The molecule has 2 nitrogen and oxygen atoms in total. The molecule has 0 radical (unpaired) electrons. The molecule has 1 saturated carbocycles. The van der Waals surface area contributed by atoms with Crippen molar-refractivity contribution in [3.8, 4) is 5.75 Å². The van der Waals surface area contributed by atoms with E-state index in [-0.39, 0.29) is 18.8 Å². The van der Waals surface area contributed by atoms with Crippen LogP contribution in [-0.2, 0) is 0 Å². The second-order valence-corrected chi connectivity index (χ2v) is 5.71. The summed E-state index contributed by atoms with van der Waals surface area (Å²) < 4.78 is 51.3. The van der Waals surface area contributed by atoms with Gasteiger partial charge >= 0.3 is 6.18 Å². The Labute approximate surface area is 122 Å². The van der Waals surface area contributed by atoms with Gasteiger partial charge in [-0.15, -0.1) is 0 Å². The van der Waals surface area contributed by atoms with Crippen LogP contribution in [0, 0.1) is 11.8 Å². The van der Waals surface area contributed by atoms with Crippen molar-refractivity contribution in [2.75, 3.05) is 6.61 Å². The van der Waals surface area contributed by atoms with Crippen LogP contribution in [0.15, 0.2) is 30.4 Å². The number of hydrogen-bond acceptors (Lipinski definition) is 1. The Balaban J connectivity index is 1.55. The quantitative estimate of drug-likeness (QED) is 0.855. The summed E-state index contributed by atoms with van der Waals surface area (Å²) in [4.78, 5) is 2.99. The van der Waals surface area contributed by atoms with E-state index in [9.17, 15) is 13.2 Å². The van der Waals surface area contributed by atoms with E-state index in [2.05, 4.69) is 4.98 Å². The van der Waals surface area contributed by atoms with Gasteiger partial charge in [-0.1, -0.05) is 0 Å². The summed E-state index contributed by atoms with van der Waals surface area (Å²) in [5.74, 6) is -0.305. The lowest BCUT2D eigenvalue weighted by molar-refractivity contribution is -0.184. The zero-order chi connectivity index (χ0) is 15.7. The number of ether oxygens (including phenoxy) is 1. The number of aromatic amines is 1. The minimum Gasteiger partial charge on any atom is -0.493 e. The number of halogens is 3. The summed E-state index contributed by atoms with van der Waals surface area (Å²) in [6, 6.07) is 5.88. The van der Waals surface area contributed by atoms with E-state index in [4.69, 9.17) is 6.11 Å². The number of benzene rings is 1. The normalized spacial score (nSPS) is 24.0. The molecule has 0 aliphatic heterocycles. The number of hydrogen-bond donors (Lipinski definition) is 1. The Kier molecular flexibility index (Phi) is 3.49. The van der Waals surface area contributed by atoms with Crippen LogP contribution in [0.4, 0.5) is 13.2 Å². The third-order valence-electron chi connectivity index (χ3n) is 4.24. The van der Waals surface area contributed by atoms with Gasteiger partial charge in [-0.05, 0) is 55.8 Å². The molecule has 1 fully saturated rings. The molecule has 1 N–H and O–H groups in total. The van der Waals surface area contributed by atoms with Crippen molar-refractivity contribution in [2.45, 2.75) is 31.9 Å². The minimum atomic E-state index is -4.06. The van der Waals surface area contributed by atoms with Crippen molar-refractivity contribution in [2.24, 2.45) is 11.8 Å². The first-order valence-corrected chi connectivity index (χ1v) is 7.21. The van der Waals surface area contributed by atoms with E-state index < -0.39 is 12.1 Å². The predicted octanol–water partition coefficient (Wildman–Crippen LogP) is 4.92. The number of alkyl halides is 3. The van der Waals surface area contributed by atoms with Crippen LogP contribution in [0.1, 0.15) is 27.1 Å².